The van der Waals surface area contributed by atoms with Crippen LogP contribution >= 0.6 is 0 Å². The van der Waals surface area contributed by atoms with Crippen LogP contribution in [0.2, 0.25) is 0 Å². The fourth-order valence-corrected chi connectivity index (χ4v) is 7.81. The first-order valence-corrected chi connectivity index (χ1v) is 16.2. The van der Waals surface area contributed by atoms with Crippen molar-refractivity contribution >= 4 is 15.9 Å². The third kappa shape index (κ3) is 8.52. The van der Waals surface area contributed by atoms with Gasteiger partial charge in [-0.15, -0.1) is 0 Å². The van der Waals surface area contributed by atoms with Gasteiger partial charge in [-0.3, -0.25) is 4.79 Å². The molecular formula is C32H48FN3O5S. The second kappa shape index (κ2) is 15.3. The molecule has 2 aromatic carbocycles. The van der Waals surface area contributed by atoms with Crippen LogP contribution in [0.1, 0.15) is 60.4 Å². The quantitative estimate of drug-likeness (QED) is 0.305. The molecule has 8 nitrogen and oxygen atoms in total. The van der Waals surface area contributed by atoms with E-state index in [4.69, 9.17) is 9.47 Å². The maximum Gasteiger partial charge on any atom is 0.245 e. The number of ether oxygens (including phenoxy) is 2. The predicted molar refractivity (Wildman–Crippen MR) is 164 cm³/mol. The van der Waals surface area contributed by atoms with Gasteiger partial charge in [-0.05, 0) is 106 Å². The standard InChI is InChI=1S/C32H48FN3O5S/c1-22-20-29(40-7)23(2)24(3)32(22)42(38,39)36(6)18-19-41-21-30(37)34-17-16-25-8-10-26(11-9-25)31(35(4)5)27-12-14-28(33)15-13-27/h12-15,20,25-26,31H,8-11,16-19,21H2,1-7H3,(H,34,37). The Balaban J connectivity index is 1.37. The molecule has 10 heteroatoms. The highest BCUT2D eigenvalue weighted by Gasteiger charge is 2.30. The topological polar surface area (TPSA) is 88.2 Å². The van der Waals surface area contributed by atoms with Gasteiger partial charge in [0.25, 0.3) is 0 Å². The van der Waals surface area contributed by atoms with Gasteiger partial charge >= 0.3 is 0 Å². The molecule has 42 heavy (non-hydrogen) atoms. The van der Waals surface area contributed by atoms with Crippen LogP contribution in [-0.2, 0) is 19.6 Å². The fraction of sp³-hybridized carbons (Fsp3) is 0.594. The zero-order chi connectivity index (χ0) is 31.0. The van der Waals surface area contributed by atoms with Gasteiger partial charge in [0.2, 0.25) is 15.9 Å². The molecule has 0 bridgehead atoms. The van der Waals surface area contributed by atoms with Crippen molar-refractivity contribution in [1.82, 2.24) is 14.5 Å². The maximum absolute atomic E-state index is 13.4. The Kier molecular flexibility index (Phi) is 12.4. The number of nitrogens with one attached hydrogen (secondary N) is 1. The van der Waals surface area contributed by atoms with Gasteiger partial charge < -0.3 is 19.7 Å². The van der Waals surface area contributed by atoms with E-state index in [1.807, 2.05) is 19.1 Å². The van der Waals surface area contributed by atoms with Gasteiger partial charge in [0.15, 0.2) is 0 Å². The third-order valence-electron chi connectivity index (χ3n) is 8.63. The molecule has 1 atom stereocenters. The number of carbonyl (C=O) groups excluding carboxylic acids is 1. The number of likely N-dealkylation sites (N-methyl/N-ethyl adjacent to an activating group) is 1. The van der Waals surface area contributed by atoms with Crippen LogP contribution < -0.4 is 10.1 Å². The first-order valence-electron chi connectivity index (χ1n) is 14.7. The van der Waals surface area contributed by atoms with Crippen molar-refractivity contribution < 1.29 is 27.1 Å². The monoisotopic (exact) mass is 605 g/mol. The fourth-order valence-electron chi connectivity index (χ4n) is 6.18. The number of sulfonamides is 1. The lowest BCUT2D eigenvalue weighted by molar-refractivity contribution is -0.125. The second-order valence-corrected chi connectivity index (χ2v) is 13.7. The summed E-state index contributed by atoms with van der Waals surface area (Å²) in [5, 5.41) is 2.94. The van der Waals surface area contributed by atoms with E-state index in [1.54, 1.807) is 27.0 Å². The van der Waals surface area contributed by atoms with Gasteiger partial charge in [-0.25, -0.2) is 12.8 Å². The smallest absolute Gasteiger partial charge is 0.245 e. The van der Waals surface area contributed by atoms with Crippen LogP contribution in [0, 0.1) is 38.4 Å². The van der Waals surface area contributed by atoms with Crippen molar-refractivity contribution in [1.29, 1.82) is 0 Å². The molecule has 0 saturated heterocycles. The summed E-state index contributed by atoms with van der Waals surface area (Å²) in [6, 6.07) is 8.87. The number of hydrogen-bond donors (Lipinski definition) is 1. The molecule has 0 spiro atoms. The lowest BCUT2D eigenvalue weighted by atomic mass is 9.75. The molecule has 1 unspecified atom stereocenters. The number of nitrogens with zero attached hydrogens (tertiary/aromatic N) is 2. The number of halogens is 1. The zero-order valence-corrected chi connectivity index (χ0v) is 27.0. The van der Waals surface area contributed by atoms with Crippen molar-refractivity contribution in [2.45, 2.75) is 63.8 Å². The largest absolute Gasteiger partial charge is 0.496 e. The maximum atomic E-state index is 13.4. The summed E-state index contributed by atoms with van der Waals surface area (Å²) < 4.78 is 52.1. The molecule has 1 saturated carbocycles. The minimum Gasteiger partial charge on any atom is -0.496 e. The van der Waals surface area contributed by atoms with E-state index in [9.17, 15) is 17.6 Å². The van der Waals surface area contributed by atoms with Crippen LogP contribution in [0.25, 0.3) is 0 Å². The van der Waals surface area contributed by atoms with E-state index < -0.39 is 10.0 Å². The summed E-state index contributed by atoms with van der Waals surface area (Å²) >= 11 is 0. The molecule has 1 aliphatic carbocycles. The van der Waals surface area contributed by atoms with Crippen molar-refractivity contribution in [3.8, 4) is 5.75 Å². The summed E-state index contributed by atoms with van der Waals surface area (Å²) in [5.41, 5.74) is 3.24. The number of methoxy groups -OCH3 is 1. The Morgan fingerprint density at radius 1 is 1.05 bits per heavy atom. The van der Waals surface area contributed by atoms with Crippen LogP contribution in [-0.4, -0.2) is 78.1 Å². The van der Waals surface area contributed by atoms with Gasteiger partial charge in [0.05, 0.1) is 18.6 Å². The molecule has 0 aromatic heterocycles. The molecular weight excluding hydrogens is 557 g/mol. The summed E-state index contributed by atoms with van der Waals surface area (Å²) in [6.07, 6.45) is 5.34. The SMILES string of the molecule is COc1cc(C)c(S(=O)(=O)N(C)CCOCC(=O)NCCC2CCC(C(c3ccc(F)cc3)N(C)C)CC2)c(C)c1C. The lowest BCUT2D eigenvalue weighted by Gasteiger charge is -2.37. The summed E-state index contributed by atoms with van der Waals surface area (Å²) in [4.78, 5) is 14.8. The highest BCUT2D eigenvalue weighted by atomic mass is 32.2. The number of carbonyl (C=O) groups is 1. The number of amides is 1. The van der Waals surface area contributed by atoms with Gasteiger partial charge in [-0.1, -0.05) is 25.0 Å². The summed E-state index contributed by atoms with van der Waals surface area (Å²) in [7, 11) is 3.52. The van der Waals surface area contributed by atoms with Crippen LogP contribution in [0.3, 0.4) is 0 Å². The molecule has 1 amide bonds. The van der Waals surface area contributed by atoms with Crippen molar-refractivity contribution in [2.75, 3.05) is 54.6 Å². The van der Waals surface area contributed by atoms with Crippen LogP contribution in [0.4, 0.5) is 4.39 Å². The summed E-state index contributed by atoms with van der Waals surface area (Å²) in [6.45, 7) is 6.12. The second-order valence-electron chi connectivity index (χ2n) is 11.7. The normalized spacial score (nSPS) is 18.3. The number of rotatable bonds is 14. The van der Waals surface area contributed by atoms with E-state index in [-0.39, 0.29) is 42.4 Å². The van der Waals surface area contributed by atoms with Crippen LogP contribution in [0.5, 0.6) is 5.75 Å². The summed E-state index contributed by atoms with van der Waals surface area (Å²) in [5.74, 6) is 1.33. The molecule has 0 radical (unpaired) electrons. The average molecular weight is 606 g/mol. The molecule has 1 aliphatic rings. The number of benzene rings is 2. The molecule has 1 fully saturated rings. The molecule has 0 heterocycles. The molecule has 2 aromatic rings. The van der Waals surface area contributed by atoms with Crippen LogP contribution in [0.15, 0.2) is 35.2 Å². The highest BCUT2D eigenvalue weighted by molar-refractivity contribution is 7.89. The van der Waals surface area contributed by atoms with Crippen molar-refractivity contribution in [2.24, 2.45) is 11.8 Å². The Hall–Kier alpha value is -2.53. The Labute approximate surface area is 251 Å². The molecule has 0 aliphatic heterocycles. The minimum atomic E-state index is -3.73. The van der Waals surface area contributed by atoms with Gasteiger partial charge in [0, 0.05) is 26.2 Å². The third-order valence-corrected chi connectivity index (χ3v) is 10.8. The first kappa shape index (κ1) is 34.0. The molecule has 3 rings (SSSR count). The van der Waals surface area contributed by atoms with E-state index in [2.05, 4.69) is 24.3 Å². The van der Waals surface area contributed by atoms with Crippen molar-refractivity contribution in [3.63, 3.8) is 0 Å². The predicted octanol–water partition coefficient (Wildman–Crippen LogP) is 5.01. The van der Waals surface area contributed by atoms with Gasteiger partial charge in [0.1, 0.15) is 18.2 Å². The van der Waals surface area contributed by atoms with Gasteiger partial charge in [-0.2, -0.15) is 4.31 Å². The Morgan fingerprint density at radius 2 is 1.69 bits per heavy atom. The number of hydrogen-bond acceptors (Lipinski definition) is 6. The van der Waals surface area contributed by atoms with E-state index in [0.717, 1.165) is 43.2 Å². The lowest BCUT2D eigenvalue weighted by Crippen LogP contribution is -2.34. The zero-order valence-electron chi connectivity index (χ0n) is 26.2. The minimum absolute atomic E-state index is 0.109. The molecule has 1 N–H and O–H groups in total. The van der Waals surface area contributed by atoms with E-state index in [0.29, 0.717) is 35.3 Å². The molecule has 234 valence electrons. The first-order chi connectivity index (χ1) is 19.9. The van der Waals surface area contributed by atoms with E-state index in [1.165, 1.54) is 23.5 Å². The number of aryl methyl sites for hydroxylation is 1. The highest BCUT2D eigenvalue weighted by Crippen LogP contribution is 2.40. The van der Waals surface area contributed by atoms with E-state index >= 15 is 0 Å². The Morgan fingerprint density at radius 3 is 2.29 bits per heavy atom. The Bertz CT molecular complexity index is 1290. The average Bonchev–Trinajstić information content (AvgIpc) is 2.94. The van der Waals surface area contributed by atoms with Crippen molar-refractivity contribution in [3.05, 3.63) is 58.4 Å².